The first-order valence-electron chi connectivity index (χ1n) is 4.25. The Kier molecular flexibility index (Phi) is 3.89. The van der Waals surface area contributed by atoms with Crippen LogP contribution in [0.5, 0.6) is 0 Å². The van der Waals surface area contributed by atoms with Gasteiger partial charge in [-0.3, -0.25) is 0 Å². The molecule has 0 aliphatic rings. The summed E-state index contributed by atoms with van der Waals surface area (Å²) in [7, 11) is 0. The summed E-state index contributed by atoms with van der Waals surface area (Å²) in [6, 6.07) is 8.57. The highest BCUT2D eigenvalue weighted by Gasteiger charge is 2.37. The summed E-state index contributed by atoms with van der Waals surface area (Å²) in [4.78, 5) is 4.23. The molecule has 0 saturated carbocycles. The molecule has 0 bridgehead atoms. The van der Waals surface area contributed by atoms with Crippen LogP contribution in [0, 0.1) is 11.3 Å². The van der Waals surface area contributed by atoms with Gasteiger partial charge < -0.3 is 4.84 Å². The number of halogens is 3. The second-order valence-corrected chi connectivity index (χ2v) is 2.74. The van der Waals surface area contributed by atoms with E-state index in [4.69, 9.17) is 5.26 Å². The highest BCUT2D eigenvalue weighted by molar-refractivity contribution is 6.04. The second kappa shape index (κ2) is 5.16. The number of nitriles is 1. The fourth-order valence-corrected chi connectivity index (χ4v) is 0.990. The molecule has 1 rings (SSSR count). The van der Waals surface area contributed by atoms with E-state index in [2.05, 4.69) is 9.99 Å². The first kappa shape index (κ1) is 12.0. The molecule has 0 saturated heterocycles. The van der Waals surface area contributed by atoms with Gasteiger partial charge in [0.05, 0.1) is 0 Å². The standard InChI is InChI=1S/C10H7F3N2O/c11-10(12,13)9(15-16-7-6-14)8-4-2-1-3-5-8/h1-5H,7H2/b15-9-. The number of benzene rings is 1. The minimum absolute atomic E-state index is 0.104. The number of alkyl halides is 3. The SMILES string of the molecule is N#CCO/N=C(/c1ccccc1)C(F)(F)F. The van der Waals surface area contributed by atoms with Crippen molar-refractivity contribution in [1.82, 2.24) is 0 Å². The van der Waals surface area contributed by atoms with Gasteiger partial charge in [0.2, 0.25) is 6.61 Å². The smallest absolute Gasteiger partial charge is 0.380 e. The van der Waals surface area contributed by atoms with Crippen molar-refractivity contribution in [1.29, 1.82) is 5.26 Å². The van der Waals surface area contributed by atoms with Crippen LogP contribution < -0.4 is 0 Å². The Morgan fingerprint density at radius 1 is 1.31 bits per heavy atom. The molecule has 0 amide bonds. The number of rotatable bonds is 3. The molecular formula is C10H7F3N2O. The molecule has 1 aromatic carbocycles. The average molecular weight is 228 g/mol. The van der Waals surface area contributed by atoms with Gasteiger partial charge in [0.15, 0.2) is 5.71 Å². The molecule has 16 heavy (non-hydrogen) atoms. The van der Waals surface area contributed by atoms with E-state index in [-0.39, 0.29) is 5.56 Å². The molecule has 84 valence electrons. The van der Waals surface area contributed by atoms with Crippen LogP contribution in [0.2, 0.25) is 0 Å². The van der Waals surface area contributed by atoms with Crippen molar-refractivity contribution in [3.8, 4) is 6.07 Å². The highest BCUT2D eigenvalue weighted by atomic mass is 19.4. The van der Waals surface area contributed by atoms with Crippen LogP contribution in [-0.4, -0.2) is 18.5 Å². The van der Waals surface area contributed by atoms with E-state index >= 15 is 0 Å². The second-order valence-electron chi connectivity index (χ2n) is 2.74. The molecule has 0 N–H and O–H groups in total. The van der Waals surface area contributed by atoms with Crippen LogP contribution in [0.4, 0.5) is 13.2 Å². The van der Waals surface area contributed by atoms with Crippen LogP contribution in [0.15, 0.2) is 35.5 Å². The van der Waals surface area contributed by atoms with Gasteiger partial charge in [0.25, 0.3) is 0 Å². The van der Waals surface area contributed by atoms with Gasteiger partial charge in [-0.2, -0.15) is 18.4 Å². The van der Waals surface area contributed by atoms with Crippen LogP contribution in [-0.2, 0) is 4.84 Å². The molecule has 0 atom stereocenters. The third-order valence-electron chi connectivity index (χ3n) is 1.60. The van der Waals surface area contributed by atoms with E-state index in [1.54, 1.807) is 6.07 Å². The van der Waals surface area contributed by atoms with Gasteiger partial charge in [0, 0.05) is 5.56 Å². The van der Waals surface area contributed by atoms with E-state index < -0.39 is 18.5 Å². The lowest BCUT2D eigenvalue weighted by molar-refractivity contribution is -0.0611. The molecule has 0 radical (unpaired) electrons. The first-order valence-corrected chi connectivity index (χ1v) is 4.25. The normalized spacial score (nSPS) is 12.0. The number of hydrogen-bond donors (Lipinski definition) is 0. The molecule has 0 heterocycles. The van der Waals surface area contributed by atoms with Gasteiger partial charge in [0.1, 0.15) is 6.07 Å². The third kappa shape index (κ3) is 3.28. The predicted molar refractivity (Wildman–Crippen MR) is 50.6 cm³/mol. The van der Waals surface area contributed by atoms with E-state index in [0.29, 0.717) is 0 Å². The van der Waals surface area contributed by atoms with Crippen molar-refractivity contribution in [2.24, 2.45) is 5.16 Å². The maximum Gasteiger partial charge on any atom is 0.437 e. The molecule has 3 nitrogen and oxygen atoms in total. The fourth-order valence-electron chi connectivity index (χ4n) is 0.990. The lowest BCUT2D eigenvalue weighted by Crippen LogP contribution is -2.24. The van der Waals surface area contributed by atoms with Crippen molar-refractivity contribution < 1.29 is 18.0 Å². The Labute approximate surface area is 89.7 Å². The monoisotopic (exact) mass is 228 g/mol. The minimum atomic E-state index is -4.61. The van der Waals surface area contributed by atoms with Gasteiger partial charge >= 0.3 is 6.18 Å². The Morgan fingerprint density at radius 2 is 1.94 bits per heavy atom. The Morgan fingerprint density at radius 3 is 2.44 bits per heavy atom. The van der Waals surface area contributed by atoms with Crippen molar-refractivity contribution in [2.45, 2.75) is 6.18 Å². The summed E-state index contributed by atoms with van der Waals surface area (Å²) in [6.07, 6.45) is -4.61. The summed E-state index contributed by atoms with van der Waals surface area (Å²) >= 11 is 0. The van der Waals surface area contributed by atoms with Crippen molar-refractivity contribution in [2.75, 3.05) is 6.61 Å². The lowest BCUT2D eigenvalue weighted by atomic mass is 10.1. The molecular weight excluding hydrogens is 221 g/mol. The summed E-state index contributed by atoms with van der Waals surface area (Å²) in [5.74, 6) is 0. The van der Waals surface area contributed by atoms with Crippen molar-refractivity contribution in [3.05, 3.63) is 35.9 Å². The molecule has 0 spiro atoms. The van der Waals surface area contributed by atoms with Crippen molar-refractivity contribution in [3.63, 3.8) is 0 Å². The summed E-state index contributed by atoms with van der Waals surface area (Å²) in [5.41, 5.74) is -1.25. The maximum absolute atomic E-state index is 12.5. The molecule has 0 unspecified atom stereocenters. The summed E-state index contributed by atoms with van der Waals surface area (Å²) in [5, 5.41) is 11.1. The topological polar surface area (TPSA) is 45.4 Å². The third-order valence-corrected chi connectivity index (χ3v) is 1.60. The predicted octanol–water partition coefficient (Wildman–Crippen LogP) is 2.49. The number of hydrogen-bond acceptors (Lipinski definition) is 3. The Bertz CT molecular complexity index is 406. The van der Waals surface area contributed by atoms with Crippen molar-refractivity contribution >= 4 is 5.71 Å². The largest absolute Gasteiger partial charge is 0.437 e. The highest BCUT2D eigenvalue weighted by Crippen LogP contribution is 2.22. The van der Waals surface area contributed by atoms with Crippen LogP contribution in [0.3, 0.4) is 0 Å². The summed E-state index contributed by atoms with van der Waals surface area (Å²) in [6.45, 7) is -0.521. The zero-order chi connectivity index (χ0) is 12.0. The number of oxime groups is 1. The lowest BCUT2D eigenvalue weighted by Gasteiger charge is -2.09. The molecule has 0 aliphatic heterocycles. The van der Waals surface area contributed by atoms with Gasteiger partial charge in [-0.05, 0) is 0 Å². The molecule has 1 aromatic rings. The quantitative estimate of drug-likeness (QED) is 0.453. The maximum atomic E-state index is 12.5. The minimum Gasteiger partial charge on any atom is -0.380 e. The van der Waals surface area contributed by atoms with Crippen LogP contribution in [0.1, 0.15) is 5.56 Å². The molecule has 0 aliphatic carbocycles. The fraction of sp³-hybridized carbons (Fsp3) is 0.200. The first-order chi connectivity index (χ1) is 7.55. The average Bonchev–Trinajstić information content (AvgIpc) is 2.24. The zero-order valence-corrected chi connectivity index (χ0v) is 8.03. The van der Waals surface area contributed by atoms with Gasteiger partial charge in [-0.15, -0.1) is 0 Å². The van der Waals surface area contributed by atoms with E-state index in [0.717, 1.165) is 0 Å². The Hall–Kier alpha value is -2.03. The number of nitrogens with zero attached hydrogens (tertiary/aromatic N) is 2. The molecule has 0 fully saturated rings. The van der Waals surface area contributed by atoms with E-state index in [1.165, 1.54) is 30.3 Å². The Balaban J connectivity index is 2.99. The zero-order valence-electron chi connectivity index (χ0n) is 8.03. The molecule has 6 heteroatoms. The molecule has 0 aromatic heterocycles. The van der Waals surface area contributed by atoms with Crippen LogP contribution >= 0.6 is 0 Å². The van der Waals surface area contributed by atoms with E-state index in [9.17, 15) is 13.2 Å². The van der Waals surface area contributed by atoms with Crippen LogP contribution in [0.25, 0.3) is 0 Å². The summed E-state index contributed by atoms with van der Waals surface area (Å²) < 4.78 is 37.6. The van der Waals surface area contributed by atoms with Gasteiger partial charge in [-0.1, -0.05) is 35.5 Å². The van der Waals surface area contributed by atoms with Gasteiger partial charge in [-0.25, -0.2) is 0 Å². The van der Waals surface area contributed by atoms with E-state index in [1.807, 2.05) is 0 Å².